The van der Waals surface area contributed by atoms with Crippen LogP contribution in [0.4, 0.5) is 0 Å². The summed E-state index contributed by atoms with van der Waals surface area (Å²) in [5, 5.41) is 0.751. The quantitative estimate of drug-likeness (QED) is 0.201. The lowest BCUT2D eigenvalue weighted by atomic mass is 10.1. The van der Waals surface area contributed by atoms with E-state index in [4.69, 9.17) is 21.1 Å². The molecule has 0 N–H and O–H groups in total. The molecular formula is C29H26ClNO3. The predicted octanol–water partition coefficient (Wildman–Crippen LogP) is 7.23. The molecule has 0 aliphatic heterocycles. The number of ketones is 1. The molecule has 0 aliphatic carbocycles. The van der Waals surface area contributed by atoms with Gasteiger partial charge >= 0.3 is 0 Å². The molecule has 4 aromatic rings. The Morgan fingerprint density at radius 2 is 1.71 bits per heavy atom. The first-order chi connectivity index (χ1) is 16.4. The van der Waals surface area contributed by atoms with Crippen LogP contribution in [0, 0.1) is 13.8 Å². The second-order valence-electron chi connectivity index (χ2n) is 8.07. The molecular weight excluding hydrogens is 446 g/mol. The topological polar surface area (TPSA) is 40.5 Å². The lowest BCUT2D eigenvalue weighted by Crippen LogP contribution is -2.00. The number of allylic oxidation sites excluding steroid dienone is 1. The van der Waals surface area contributed by atoms with Gasteiger partial charge in [0, 0.05) is 34.2 Å². The van der Waals surface area contributed by atoms with Crippen LogP contribution in [0.1, 0.15) is 32.6 Å². The summed E-state index contributed by atoms with van der Waals surface area (Å²) in [6.07, 6.45) is 7.30. The van der Waals surface area contributed by atoms with Crippen LogP contribution in [-0.2, 0) is 6.61 Å². The number of methoxy groups -OCH3 is 1. The van der Waals surface area contributed by atoms with Gasteiger partial charge in [-0.25, -0.2) is 0 Å². The molecule has 0 spiro atoms. The molecule has 34 heavy (non-hydrogen) atoms. The number of rotatable bonds is 8. The van der Waals surface area contributed by atoms with E-state index in [1.54, 1.807) is 13.2 Å². The number of hydrogen-bond acceptors (Lipinski definition) is 3. The monoisotopic (exact) mass is 471 g/mol. The Kier molecular flexibility index (Phi) is 7.19. The smallest absolute Gasteiger partial charge is 0.185 e. The zero-order chi connectivity index (χ0) is 24.1. The second kappa shape index (κ2) is 10.4. The molecule has 1 aromatic heterocycles. The highest BCUT2D eigenvalue weighted by atomic mass is 35.5. The summed E-state index contributed by atoms with van der Waals surface area (Å²) in [7, 11) is 1.63. The van der Waals surface area contributed by atoms with Crippen LogP contribution in [0.3, 0.4) is 0 Å². The highest BCUT2D eigenvalue weighted by Crippen LogP contribution is 2.28. The van der Waals surface area contributed by atoms with Crippen LogP contribution in [0.5, 0.6) is 11.5 Å². The number of nitrogens with zero attached hydrogens (tertiary/aromatic N) is 1. The largest absolute Gasteiger partial charge is 0.496 e. The van der Waals surface area contributed by atoms with Gasteiger partial charge in [0.2, 0.25) is 0 Å². The average molecular weight is 472 g/mol. The molecule has 0 atom stereocenters. The van der Waals surface area contributed by atoms with E-state index < -0.39 is 0 Å². The molecule has 4 nitrogen and oxygen atoms in total. The fraction of sp³-hybridized carbons (Fsp3) is 0.138. The minimum absolute atomic E-state index is 0.0604. The zero-order valence-corrected chi connectivity index (χ0v) is 20.2. The van der Waals surface area contributed by atoms with E-state index in [1.807, 2.05) is 104 Å². The molecule has 4 rings (SSSR count). The van der Waals surface area contributed by atoms with Crippen molar-refractivity contribution in [2.45, 2.75) is 20.5 Å². The molecule has 0 bridgehead atoms. The van der Waals surface area contributed by atoms with E-state index in [2.05, 4.69) is 0 Å². The summed E-state index contributed by atoms with van der Waals surface area (Å²) in [5.41, 5.74) is 5.29. The average Bonchev–Trinajstić information content (AvgIpc) is 3.39. The number of aromatic nitrogens is 1. The first-order valence-electron chi connectivity index (χ1n) is 11.0. The summed E-state index contributed by atoms with van der Waals surface area (Å²) < 4.78 is 13.5. The number of carbonyl (C=O) groups is 1. The molecule has 0 saturated heterocycles. The van der Waals surface area contributed by atoms with Crippen LogP contribution in [0.25, 0.3) is 11.8 Å². The molecule has 0 aliphatic rings. The lowest BCUT2D eigenvalue weighted by Gasteiger charge is -2.13. The number of hydrogen-bond donors (Lipinski definition) is 0. The molecule has 172 valence electrons. The number of carbonyl (C=O) groups excluding carboxylic acids is 1. The van der Waals surface area contributed by atoms with Crippen molar-refractivity contribution in [3.05, 3.63) is 118 Å². The van der Waals surface area contributed by atoms with Crippen molar-refractivity contribution in [2.24, 2.45) is 0 Å². The van der Waals surface area contributed by atoms with E-state index in [0.29, 0.717) is 12.2 Å². The van der Waals surface area contributed by atoms with Crippen molar-refractivity contribution in [3.8, 4) is 17.2 Å². The fourth-order valence-electron chi connectivity index (χ4n) is 3.76. The molecule has 0 radical (unpaired) electrons. The van der Waals surface area contributed by atoms with Gasteiger partial charge in [-0.1, -0.05) is 35.9 Å². The minimum Gasteiger partial charge on any atom is -0.496 e. The van der Waals surface area contributed by atoms with Gasteiger partial charge in [-0.15, -0.1) is 0 Å². The normalized spacial score (nSPS) is 11.1. The second-order valence-corrected chi connectivity index (χ2v) is 8.45. The maximum atomic E-state index is 12.8. The van der Waals surface area contributed by atoms with E-state index >= 15 is 0 Å². The van der Waals surface area contributed by atoms with E-state index in [9.17, 15) is 4.79 Å². The Morgan fingerprint density at radius 3 is 2.41 bits per heavy atom. The van der Waals surface area contributed by atoms with Crippen LogP contribution in [0.2, 0.25) is 5.02 Å². The van der Waals surface area contributed by atoms with Crippen LogP contribution >= 0.6 is 11.6 Å². The van der Waals surface area contributed by atoms with Crippen LogP contribution in [0.15, 0.2) is 85.2 Å². The Labute approximate surface area is 205 Å². The maximum absolute atomic E-state index is 12.8. The van der Waals surface area contributed by atoms with Gasteiger partial charge in [0.25, 0.3) is 0 Å². The molecule has 1 heterocycles. The summed E-state index contributed by atoms with van der Waals surface area (Å²) in [6, 6.07) is 21.1. The van der Waals surface area contributed by atoms with Gasteiger partial charge in [0.1, 0.15) is 18.1 Å². The van der Waals surface area contributed by atoms with Gasteiger partial charge in [-0.3, -0.25) is 4.79 Å². The number of benzene rings is 3. The Morgan fingerprint density at radius 1 is 0.971 bits per heavy atom. The summed E-state index contributed by atoms with van der Waals surface area (Å²) in [5.74, 6) is 1.42. The van der Waals surface area contributed by atoms with Crippen molar-refractivity contribution in [1.29, 1.82) is 0 Å². The minimum atomic E-state index is -0.0604. The maximum Gasteiger partial charge on any atom is 0.185 e. The molecule has 0 amide bonds. The number of aryl methyl sites for hydroxylation is 2. The van der Waals surface area contributed by atoms with Crippen molar-refractivity contribution < 1.29 is 14.3 Å². The Balaban J connectivity index is 1.50. The fourth-order valence-corrected chi connectivity index (χ4v) is 3.87. The van der Waals surface area contributed by atoms with Crippen molar-refractivity contribution in [3.63, 3.8) is 0 Å². The van der Waals surface area contributed by atoms with Gasteiger partial charge < -0.3 is 14.0 Å². The molecule has 0 saturated carbocycles. The van der Waals surface area contributed by atoms with Crippen molar-refractivity contribution in [1.82, 2.24) is 4.57 Å². The van der Waals surface area contributed by atoms with E-state index in [1.165, 1.54) is 0 Å². The van der Waals surface area contributed by atoms with Crippen molar-refractivity contribution in [2.75, 3.05) is 7.11 Å². The Bertz CT molecular complexity index is 1320. The third-order valence-electron chi connectivity index (χ3n) is 5.57. The molecule has 3 aromatic carbocycles. The first-order valence-corrected chi connectivity index (χ1v) is 11.3. The molecule has 0 unspecified atom stereocenters. The SMILES string of the molecule is COc1ccc(/C=C/C(=O)c2cccc(-n3cccc3)c2)cc1COc1cc(C)c(Cl)c(C)c1. The molecule has 0 fully saturated rings. The van der Waals surface area contributed by atoms with Gasteiger partial charge in [0.15, 0.2) is 5.78 Å². The highest BCUT2D eigenvalue weighted by Gasteiger charge is 2.09. The first kappa shape index (κ1) is 23.4. The Hall–Kier alpha value is -3.76. The number of ether oxygens (including phenoxy) is 2. The van der Waals surface area contributed by atoms with Gasteiger partial charge in [-0.05, 0) is 85.1 Å². The summed E-state index contributed by atoms with van der Waals surface area (Å²) in [6.45, 7) is 4.25. The van der Waals surface area contributed by atoms with Crippen molar-refractivity contribution >= 4 is 23.5 Å². The summed E-state index contributed by atoms with van der Waals surface area (Å²) in [4.78, 5) is 12.8. The highest BCUT2D eigenvalue weighted by molar-refractivity contribution is 6.32. The third kappa shape index (κ3) is 5.41. The van der Waals surface area contributed by atoms with Gasteiger partial charge in [-0.2, -0.15) is 0 Å². The van der Waals surface area contributed by atoms with Crippen LogP contribution < -0.4 is 9.47 Å². The summed E-state index contributed by atoms with van der Waals surface area (Å²) >= 11 is 6.26. The van der Waals surface area contributed by atoms with E-state index in [-0.39, 0.29) is 5.78 Å². The molecule has 5 heteroatoms. The van der Waals surface area contributed by atoms with E-state index in [0.717, 1.165) is 44.5 Å². The standard InChI is InChI=1S/C29H26ClNO3/c1-20-15-26(16-21(2)29(20)30)34-19-24-17-22(10-12-28(24)33-3)9-11-27(32)23-7-6-8-25(18-23)31-13-4-5-14-31/h4-18H,19H2,1-3H3/b11-9+. The zero-order valence-electron chi connectivity index (χ0n) is 19.4. The van der Waals surface area contributed by atoms with Crippen LogP contribution in [-0.4, -0.2) is 17.5 Å². The van der Waals surface area contributed by atoms with Gasteiger partial charge in [0.05, 0.1) is 7.11 Å². The number of halogens is 1. The lowest BCUT2D eigenvalue weighted by molar-refractivity contribution is 0.104. The predicted molar refractivity (Wildman–Crippen MR) is 137 cm³/mol. The third-order valence-corrected chi connectivity index (χ3v) is 6.17.